The van der Waals surface area contributed by atoms with Gasteiger partial charge in [-0.1, -0.05) is 13.8 Å². The number of hydrogen-bond donors (Lipinski definition) is 2. The Morgan fingerprint density at radius 2 is 2.05 bits per heavy atom. The molecule has 5 heteroatoms. The largest absolute Gasteiger partial charge is 0.369 e. The minimum absolute atomic E-state index is 0.439. The number of rotatable bonds is 6. The summed E-state index contributed by atoms with van der Waals surface area (Å²) in [6.07, 6.45) is 1.15. The topological polar surface area (TPSA) is 53.1 Å². The minimum atomic E-state index is 0.439. The van der Waals surface area contributed by atoms with Crippen LogP contribution in [-0.2, 0) is 0 Å². The van der Waals surface area contributed by atoms with Gasteiger partial charge in [-0.3, -0.25) is 0 Å². The highest BCUT2D eigenvalue weighted by molar-refractivity contribution is 5.33. The van der Waals surface area contributed by atoms with Crippen LogP contribution in [0.3, 0.4) is 0 Å². The van der Waals surface area contributed by atoms with Gasteiger partial charge in [0.05, 0.1) is 5.69 Å². The van der Waals surface area contributed by atoms with Crippen LogP contribution >= 0.6 is 0 Å². The lowest BCUT2D eigenvalue weighted by Gasteiger charge is -2.27. The third kappa shape index (κ3) is 4.76. The molecule has 1 aliphatic heterocycles. The van der Waals surface area contributed by atoms with Crippen molar-refractivity contribution in [3.63, 3.8) is 0 Å². The van der Waals surface area contributed by atoms with Crippen LogP contribution in [0, 0.1) is 0 Å². The Labute approximate surface area is 115 Å². The fourth-order valence-corrected chi connectivity index (χ4v) is 2.20. The van der Waals surface area contributed by atoms with Crippen LogP contribution in [0.5, 0.6) is 0 Å². The molecule has 0 atom stereocenters. The molecule has 0 spiro atoms. The molecule has 19 heavy (non-hydrogen) atoms. The average Bonchev–Trinajstić information content (AvgIpc) is 2.45. The van der Waals surface area contributed by atoms with Crippen molar-refractivity contribution in [2.45, 2.75) is 26.2 Å². The predicted molar refractivity (Wildman–Crippen MR) is 78.5 cm³/mol. The van der Waals surface area contributed by atoms with Gasteiger partial charge < -0.3 is 15.5 Å². The monoisotopic (exact) mass is 263 g/mol. The Morgan fingerprint density at radius 3 is 2.68 bits per heavy atom. The summed E-state index contributed by atoms with van der Waals surface area (Å²) >= 11 is 0. The van der Waals surface area contributed by atoms with Crippen LogP contribution in [0.1, 0.15) is 31.9 Å². The molecule has 0 aromatic carbocycles. The van der Waals surface area contributed by atoms with Gasteiger partial charge in [0, 0.05) is 32.7 Å². The van der Waals surface area contributed by atoms with Gasteiger partial charge in [-0.05, 0) is 31.0 Å². The van der Waals surface area contributed by atoms with Crippen LogP contribution in [0.15, 0.2) is 12.1 Å². The molecule has 2 heterocycles. The molecule has 1 fully saturated rings. The third-order valence-corrected chi connectivity index (χ3v) is 3.44. The molecule has 0 saturated carbocycles. The van der Waals surface area contributed by atoms with Crippen molar-refractivity contribution in [1.82, 2.24) is 20.4 Å². The van der Waals surface area contributed by atoms with E-state index in [0.717, 1.165) is 44.1 Å². The molecule has 106 valence electrons. The Balaban J connectivity index is 1.64. The molecule has 0 unspecified atom stereocenters. The molecule has 2 N–H and O–H groups in total. The molecule has 5 nitrogen and oxygen atoms in total. The van der Waals surface area contributed by atoms with Crippen LogP contribution in [0.25, 0.3) is 0 Å². The van der Waals surface area contributed by atoms with Crippen molar-refractivity contribution in [1.29, 1.82) is 0 Å². The molecule has 0 amide bonds. The van der Waals surface area contributed by atoms with Crippen molar-refractivity contribution >= 4 is 5.82 Å². The van der Waals surface area contributed by atoms with E-state index in [0.29, 0.717) is 5.92 Å². The van der Waals surface area contributed by atoms with Crippen LogP contribution < -0.4 is 10.6 Å². The van der Waals surface area contributed by atoms with Gasteiger partial charge in [0.25, 0.3) is 0 Å². The van der Waals surface area contributed by atoms with Gasteiger partial charge in [-0.15, -0.1) is 5.10 Å². The second-order valence-electron chi connectivity index (χ2n) is 5.37. The molecule has 0 bridgehead atoms. The van der Waals surface area contributed by atoms with E-state index in [1.54, 1.807) is 0 Å². The molecule has 2 rings (SSSR count). The van der Waals surface area contributed by atoms with Gasteiger partial charge in [0.1, 0.15) is 5.82 Å². The van der Waals surface area contributed by atoms with Crippen LogP contribution in [0.2, 0.25) is 0 Å². The summed E-state index contributed by atoms with van der Waals surface area (Å²) in [5.41, 5.74) is 1.05. The van der Waals surface area contributed by atoms with E-state index in [1.807, 2.05) is 6.07 Å². The quantitative estimate of drug-likeness (QED) is 0.758. The van der Waals surface area contributed by atoms with Gasteiger partial charge in [-0.2, -0.15) is 5.10 Å². The number of piperazine rings is 1. The van der Waals surface area contributed by atoms with Crippen molar-refractivity contribution in [2.75, 3.05) is 44.6 Å². The maximum Gasteiger partial charge on any atom is 0.148 e. The maximum absolute atomic E-state index is 4.22. The molecule has 1 aliphatic rings. The second kappa shape index (κ2) is 7.40. The van der Waals surface area contributed by atoms with E-state index in [1.165, 1.54) is 13.1 Å². The summed E-state index contributed by atoms with van der Waals surface area (Å²) < 4.78 is 0. The summed E-state index contributed by atoms with van der Waals surface area (Å²) in [5, 5.41) is 15.1. The minimum Gasteiger partial charge on any atom is -0.369 e. The lowest BCUT2D eigenvalue weighted by atomic mass is 10.1. The molecule has 1 aromatic heterocycles. The normalized spacial score (nSPS) is 16.8. The molecule has 1 aromatic rings. The van der Waals surface area contributed by atoms with Crippen molar-refractivity contribution in [2.24, 2.45) is 0 Å². The number of nitrogens with one attached hydrogen (secondary N) is 2. The first-order valence-corrected chi connectivity index (χ1v) is 7.26. The number of nitrogens with zero attached hydrogens (tertiary/aromatic N) is 3. The zero-order chi connectivity index (χ0) is 13.5. The molecular weight excluding hydrogens is 238 g/mol. The van der Waals surface area contributed by atoms with Crippen molar-refractivity contribution < 1.29 is 0 Å². The highest BCUT2D eigenvalue weighted by Crippen LogP contribution is 2.11. The Bertz CT molecular complexity index is 357. The van der Waals surface area contributed by atoms with Crippen LogP contribution in [-0.4, -0.2) is 54.4 Å². The highest BCUT2D eigenvalue weighted by Gasteiger charge is 2.08. The van der Waals surface area contributed by atoms with E-state index in [-0.39, 0.29) is 0 Å². The lowest BCUT2D eigenvalue weighted by molar-refractivity contribution is 0.240. The first kappa shape index (κ1) is 14.2. The second-order valence-corrected chi connectivity index (χ2v) is 5.37. The fraction of sp³-hybridized carbons (Fsp3) is 0.714. The average molecular weight is 263 g/mol. The summed E-state index contributed by atoms with van der Waals surface area (Å²) in [7, 11) is 0. The molecule has 0 aliphatic carbocycles. The van der Waals surface area contributed by atoms with E-state index < -0.39 is 0 Å². The first-order chi connectivity index (χ1) is 9.25. The van der Waals surface area contributed by atoms with Crippen molar-refractivity contribution in [3.8, 4) is 0 Å². The van der Waals surface area contributed by atoms with Gasteiger partial charge >= 0.3 is 0 Å². The smallest absolute Gasteiger partial charge is 0.148 e. The standard InChI is InChI=1S/C14H25N5/c1-12(2)13-4-5-14(18-17-13)16-6-3-9-19-10-7-15-8-11-19/h4-5,12,15H,3,6-11H2,1-2H3,(H,16,18). The van der Waals surface area contributed by atoms with Crippen molar-refractivity contribution in [3.05, 3.63) is 17.8 Å². The zero-order valence-electron chi connectivity index (χ0n) is 12.0. The molecular formula is C14H25N5. The number of hydrogen-bond acceptors (Lipinski definition) is 5. The van der Waals surface area contributed by atoms with Gasteiger partial charge in [-0.25, -0.2) is 0 Å². The SMILES string of the molecule is CC(C)c1ccc(NCCCN2CCNCC2)nn1. The summed E-state index contributed by atoms with van der Waals surface area (Å²) in [6, 6.07) is 4.07. The molecule has 0 radical (unpaired) electrons. The summed E-state index contributed by atoms with van der Waals surface area (Å²) in [6.45, 7) is 11.0. The van der Waals surface area contributed by atoms with Gasteiger partial charge in [0.15, 0.2) is 0 Å². The predicted octanol–water partition coefficient (Wildman–Crippen LogP) is 1.31. The lowest BCUT2D eigenvalue weighted by Crippen LogP contribution is -2.44. The summed E-state index contributed by atoms with van der Waals surface area (Å²) in [4.78, 5) is 2.51. The Kier molecular flexibility index (Phi) is 5.54. The first-order valence-electron chi connectivity index (χ1n) is 7.26. The van der Waals surface area contributed by atoms with E-state index >= 15 is 0 Å². The Hall–Kier alpha value is -1.20. The third-order valence-electron chi connectivity index (χ3n) is 3.44. The zero-order valence-corrected chi connectivity index (χ0v) is 12.0. The number of anilines is 1. The van der Waals surface area contributed by atoms with E-state index in [4.69, 9.17) is 0 Å². The number of aromatic nitrogens is 2. The van der Waals surface area contributed by atoms with E-state index in [2.05, 4.69) is 45.6 Å². The van der Waals surface area contributed by atoms with Crippen LogP contribution in [0.4, 0.5) is 5.82 Å². The highest BCUT2D eigenvalue weighted by atomic mass is 15.2. The molecule has 1 saturated heterocycles. The van der Waals surface area contributed by atoms with Gasteiger partial charge in [0.2, 0.25) is 0 Å². The van der Waals surface area contributed by atoms with E-state index in [9.17, 15) is 0 Å². The maximum atomic E-state index is 4.22. The fourth-order valence-electron chi connectivity index (χ4n) is 2.20. The summed E-state index contributed by atoms with van der Waals surface area (Å²) in [5.74, 6) is 1.32. The Morgan fingerprint density at radius 1 is 1.26 bits per heavy atom.